The highest BCUT2D eigenvalue weighted by Crippen LogP contribution is 2.32. The van der Waals surface area contributed by atoms with E-state index in [0.717, 1.165) is 5.56 Å². The van der Waals surface area contributed by atoms with Crippen molar-refractivity contribution in [1.29, 1.82) is 0 Å². The lowest BCUT2D eigenvalue weighted by atomic mass is 10.1. The maximum absolute atomic E-state index is 13.4. The van der Waals surface area contributed by atoms with Gasteiger partial charge in [-0.25, -0.2) is 24.7 Å². The Bertz CT molecular complexity index is 1330. The number of rotatable bonds is 5. The lowest BCUT2D eigenvalue weighted by molar-refractivity contribution is 0.414. The summed E-state index contributed by atoms with van der Waals surface area (Å²) in [5.74, 6) is 0.556. The highest BCUT2D eigenvalue weighted by molar-refractivity contribution is 7.91. The van der Waals surface area contributed by atoms with Crippen LogP contribution in [0.5, 0.6) is 5.75 Å². The van der Waals surface area contributed by atoms with Crippen molar-refractivity contribution in [1.82, 2.24) is 19.7 Å². The minimum atomic E-state index is -3.90. The van der Waals surface area contributed by atoms with Crippen LogP contribution >= 0.6 is 0 Å². The fraction of sp³-hybridized carbons (Fsp3) is 0.100. The minimum absolute atomic E-state index is 0.000582. The molecule has 29 heavy (non-hydrogen) atoms. The summed E-state index contributed by atoms with van der Waals surface area (Å²) in [5, 5.41) is 4.72. The van der Waals surface area contributed by atoms with Gasteiger partial charge in [0.05, 0.1) is 23.2 Å². The van der Waals surface area contributed by atoms with Gasteiger partial charge in [-0.3, -0.25) is 4.98 Å². The first-order valence-corrected chi connectivity index (χ1v) is 10.0. The lowest BCUT2D eigenvalue weighted by Crippen LogP contribution is -2.10. The summed E-state index contributed by atoms with van der Waals surface area (Å²) in [5.41, 5.74) is 1.70. The number of methoxy groups -OCH3 is 1. The molecule has 0 aliphatic carbocycles. The van der Waals surface area contributed by atoms with E-state index in [1.165, 1.54) is 42.8 Å². The van der Waals surface area contributed by atoms with Crippen LogP contribution in [0.2, 0.25) is 0 Å². The van der Waals surface area contributed by atoms with Crippen LogP contribution in [0.3, 0.4) is 0 Å². The van der Waals surface area contributed by atoms with Crippen molar-refractivity contribution in [2.75, 3.05) is 7.11 Å². The molecule has 0 aliphatic rings. The summed E-state index contributed by atoms with van der Waals surface area (Å²) >= 11 is 0. The van der Waals surface area contributed by atoms with E-state index in [-0.39, 0.29) is 16.3 Å². The van der Waals surface area contributed by atoms with E-state index in [1.807, 2.05) is 0 Å². The summed E-state index contributed by atoms with van der Waals surface area (Å²) in [6.07, 6.45) is 4.09. The van der Waals surface area contributed by atoms with Crippen molar-refractivity contribution in [2.24, 2.45) is 0 Å². The van der Waals surface area contributed by atoms with Gasteiger partial charge < -0.3 is 9.58 Å². The lowest BCUT2D eigenvalue weighted by Gasteiger charge is -2.13. The molecule has 0 aliphatic heterocycles. The molecule has 0 radical (unpaired) electrons. The molecule has 0 atom stereocenters. The first-order valence-electron chi connectivity index (χ1n) is 8.53. The number of fused-ring (bicyclic) bond motifs is 1. The minimum Gasteiger partial charge on any atom is -0.497 e. The van der Waals surface area contributed by atoms with Crippen LogP contribution in [-0.4, -0.2) is 35.3 Å². The van der Waals surface area contributed by atoms with Gasteiger partial charge in [-0.15, -0.1) is 0 Å². The Balaban J connectivity index is 2.00. The van der Waals surface area contributed by atoms with Crippen LogP contribution in [0.25, 0.3) is 21.4 Å². The fourth-order valence-corrected chi connectivity index (χ4v) is 4.43. The predicted molar refractivity (Wildman–Crippen MR) is 105 cm³/mol. The molecule has 2 aromatic heterocycles. The predicted octanol–water partition coefficient (Wildman–Crippen LogP) is 3.08. The van der Waals surface area contributed by atoms with E-state index >= 15 is 0 Å². The molecule has 4 rings (SSSR count). The maximum atomic E-state index is 13.4. The average molecular weight is 405 g/mol. The number of hydrogen-bond donors (Lipinski definition) is 0. The molecule has 0 spiro atoms. The van der Waals surface area contributed by atoms with Crippen LogP contribution in [0, 0.1) is 6.57 Å². The zero-order chi connectivity index (χ0) is 20.4. The second-order valence-corrected chi connectivity index (χ2v) is 8.08. The number of sulfone groups is 1. The average Bonchev–Trinajstić information content (AvgIpc) is 3.27. The molecular formula is C20H15N5O3S. The molecule has 2 aromatic carbocycles. The largest absolute Gasteiger partial charge is 0.497 e. The fourth-order valence-electron chi connectivity index (χ4n) is 3.04. The zero-order valence-corrected chi connectivity index (χ0v) is 16.2. The van der Waals surface area contributed by atoms with E-state index in [2.05, 4.69) is 19.9 Å². The van der Waals surface area contributed by atoms with E-state index in [1.54, 1.807) is 30.3 Å². The molecule has 0 unspecified atom stereocenters. The van der Waals surface area contributed by atoms with Gasteiger partial charge in [0.15, 0.2) is 0 Å². The summed E-state index contributed by atoms with van der Waals surface area (Å²) in [7, 11) is -2.39. The second-order valence-electron chi connectivity index (χ2n) is 6.16. The van der Waals surface area contributed by atoms with Gasteiger partial charge in [0.1, 0.15) is 23.3 Å². The number of hydrogen-bond acceptors (Lipinski definition) is 6. The molecule has 2 heterocycles. The first kappa shape index (κ1) is 18.6. The van der Waals surface area contributed by atoms with Crippen molar-refractivity contribution in [3.05, 3.63) is 78.3 Å². The number of ether oxygens (including phenoxy) is 1. The Labute approximate surface area is 167 Å². The van der Waals surface area contributed by atoms with Crippen LogP contribution in [0.4, 0.5) is 0 Å². The SMILES string of the molecule is [C-]#[N+]Cc1ccc2ncc(S(=O)(=O)c3ccc(OC)cc3)c(-n3cncn3)c2c1. The molecule has 0 amide bonds. The van der Waals surface area contributed by atoms with Crippen molar-refractivity contribution >= 4 is 20.7 Å². The van der Waals surface area contributed by atoms with Gasteiger partial charge in [-0.2, -0.15) is 5.10 Å². The maximum Gasteiger partial charge on any atom is 0.239 e. The van der Waals surface area contributed by atoms with Crippen molar-refractivity contribution in [2.45, 2.75) is 16.3 Å². The molecule has 0 fully saturated rings. The van der Waals surface area contributed by atoms with Gasteiger partial charge in [-0.1, -0.05) is 0 Å². The van der Waals surface area contributed by atoms with Crippen LogP contribution < -0.4 is 4.74 Å². The standard InChI is InChI=1S/C20H15N5O3S/c1-21-10-14-3-8-18-17(9-14)20(25-13-22-12-24-25)19(11-23-18)29(26,27)16-6-4-15(28-2)5-7-16/h3-9,11-13H,10H2,2H3. The van der Waals surface area contributed by atoms with E-state index in [9.17, 15) is 8.42 Å². The highest BCUT2D eigenvalue weighted by atomic mass is 32.2. The molecule has 0 saturated carbocycles. The molecule has 0 N–H and O–H groups in total. The zero-order valence-electron chi connectivity index (χ0n) is 15.3. The first-order chi connectivity index (χ1) is 14.0. The van der Waals surface area contributed by atoms with Crippen molar-refractivity contribution in [3.63, 3.8) is 0 Å². The van der Waals surface area contributed by atoms with Gasteiger partial charge in [-0.05, 0) is 42.5 Å². The third kappa shape index (κ3) is 3.30. The van der Waals surface area contributed by atoms with Crippen LogP contribution in [0.15, 0.2) is 71.1 Å². The van der Waals surface area contributed by atoms with Crippen LogP contribution in [0.1, 0.15) is 5.56 Å². The molecule has 4 aromatic rings. The van der Waals surface area contributed by atoms with Gasteiger partial charge in [0.2, 0.25) is 16.4 Å². The molecule has 8 nitrogen and oxygen atoms in total. The summed E-state index contributed by atoms with van der Waals surface area (Å²) < 4.78 is 33.3. The molecule has 0 bridgehead atoms. The molecule has 9 heteroatoms. The van der Waals surface area contributed by atoms with Crippen LogP contribution in [-0.2, 0) is 16.4 Å². The van der Waals surface area contributed by atoms with Crippen molar-refractivity contribution in [3.8, 4) is 11.4 Å². The topological polar surface area (TPSA) is 91.3 Å². The molecular weight excluding hydrogens is 390 g/mol. The normalized spacial score (nSPS) is 11.3. The third-order valence-corrected chi connectivity index (χ3v) is 6.21. The second kappa shape index (κ2) is 7.33. The Morgan fingerprint density at radius 1 is 1.17 bits per heavy atom. The van der Waals surface area contributed by atoms with Gasteiger partial charge in [0, 0.05) is 17.1 Å². The highest BCUT2D eigenvalue weighted by Gasteiger charge is 2.25. The molecule has 0 saturated heterocycles. The number of aromatic nitrogens is 4. The monoisotopic (exact) mass is 405 g/mol. The number of nitrogens with zero attached hydrogens (tertiary/aromatic N) is 5. The third-order valence-electron chi connectivity index (χ3n) is 4.44. The molecule has 144 valence electrons. The van der Waals surface area contributed by atoms with Crippen molar-refractivity contribution < 1.29 is 13.2 Å². The Hall–Kier alpha value is -3.77. The van der Waals surface area contributed by atoms with E-state index in [0.29, 0.717) is 22.3 Å². The van der Waals surface area contributed by atoms with E-state index in [4.69, 9.17) is 11.3 Å². The summed E-state index contributed by atoms with van der Waals surface area (Å²) in [6.45, 7) is 7.29. The Morgan fingerprint density at radius 2 is 1.97 bits per heavy atom. The van der Waals surface area contributed by atoms with Gasteiger partial charge >= 0.3 is 0 Å². The summed E-state index contributed by atoms with van der Waals surface area (Å²) in [4.78, 5) is 11.8. The summed E-state index contributed by atoms with van der Waals surface area (Å²) in [6, 6.07) is 11.5. The number of benzene rings is 2. The number of pyridine rings is 1. The smallest absolute Gasteiger partial charge is 0.239 e. The Morgan fingerprint density at radius 3 is 2.62 bits per heavy atom. The van der Waals surface area contributed by atoms with E-state index < -0.39 is 9.84 Å². The quantitative estimate of drug-likeness (QED) is 0.474. The van der Waals surface area contributed by atoms with Gasteiger partial charge in [0.25, 0.3) is 0 Å². The Kier molecular flexibility index (Phi) is 4.70.